The number of hydrogen-bond acceptors (Lipinski definition) is 7. The first-order valence-electron chi connectivity index (χ1n) is 13.6. The van der Waals surface area contributed by atoms with Crippen molar-refractivity contribution in [3.63, 3.8) is 0 Å². The molecule has 1 saturated heterocycles. The summed E-state index contributed by atoms with van der Waals surface area (Å²) in [5.41, 5.74) is 3.81. The smallest absolute Gasteiger partial charge is 0.419 e. The number of aromatic nitrogens is 1. The number of rotatable bonds is 9. The predicted octanol–water partition coefficient (Wildman–Crippen LogP) is 4.83. The summed E-state index contributed by atoms with van der Waals surface area (Å²) < 4.78 is 23.8. The molecule has 1 aromatic heterocycles. The van der Waals surface area contributed by atoms with Gasteiger partial charge in [-0.05, 0) is 72.4 Å². The molecule has 3 unspecified atom stereocenters. The lowest BCUT2D eigenvalue weighted by Crippen LogP contribution is -2.47. The van der Waals surface area contributed by atoms with Crippen molar-refractivity contribution in [2.24, 2.45) is 17.8 Å². The first-order valence-corrected chi connectivity index (χ1v) is 13.6. The zero-order valence-electron chi connectivity index (χ0n) is 22.8. The van der Waals surface area contributed by atoms with Gasteiger partial charge in [0.2, 0.25) is 0 Å². The topological polar surface area (TPSA) is 83.1 Å². The third-order valence-corrected chi connectivity index (χ3v) is 8.12. The van der Waals surface area contributed by atoms with Crippen molar-refractivity contribution in [1.29, 1.82) is 0 Å². The molecular formula is C30H38N2O6. The number of esters is 1. The number of nitrogens with zero attached hydrogens (tertiary/aromatic N) is 2. The molecule has 2 aliphatic heterocycles. The molecule has 1 fully saturated rings. The van der Waals surface area contributed by atoms with Crippen LogP contribution in [-0.2, 0) is 22.5 Å². The van der Waals surface area contributed by atoms with E-state index in [2.05, 4.69) is 30.9 Å². The van der Waals surface area contributed by atoms with E-state index in [9.17, 15) is 9.59 Å². The fourth-order valence-electron chi connectivity index (χ4n) is 6.28. The molecule has 5 rings (SSSR count). The monoisotopic (exact) mass is 522 g/mol. The number of hydrogen-bond donors (Lipinski definition) is 0. The molecule has 0 aliphatic carbocycles. The van der Waals surface area contributed by atoms with Crippen molar-refractivity contribution in [2.75, 3.05) is 33.9 Å². The Morgan fingerprint density at radius 2 is 1.87 bits per heavy atom. The van der Waals surface area contributed by atoms with Gasteiger partial charge in [0, 0.05) is 25.7 Å². The van der Waals surface area contributed by atoms with Gasteiger partial charge in [0.25, 0.3) is 0 Å². The second kappa shape index (κ2) is 11.2. The second-order valence-electron chi connectivity index (χ2n) is 11.0. The number of ether oxygens (including phenoxy) is 3. The quantitative estimate of drug-likeness (QED) is 0.372. The lowest BCUT2D eigenvalue weighted by molar-refractivity contribution is -0.147. The molecule has 0 saturated carbocycles. The Kier molecular flexibility index (Phi) is 7.79. The number of carbonyl (C=O) groups excluding carboxylic acids is 1. The van der Waals surface area contributed by atoms with E-state index >= 15 is 0 Å². The van der Waals surface area contributed by atoms with E-state index in [1.165, 1.54) is 15.7 Å². The Morgan fingerprint density at radius 3 is 2.63 bits per heavy atom. The van der Waals surface area contributed by atoms with Gasteiger partial charge in [-0.15, -0.1) is 0 Å². The maximum absolute atomic E-state index is 12.8. The van der Waals surface area contributed by atoms with Crippen LogP contribution in [0.5, 0.6) is 11.5 Å². The summed E-state index contributed by atoms with van der Waals surface area (Å²) in [7, 11) is 3.35. The van der Waals surface area contributed by atoms with Crippen molar-refractivity contribution in [3.05, 3.63) is 58.1 Å². The molecule has 3 atom stereocenters. The van der Waals surface area contributed by atoms with Gasteiger partial charge in [0.1, 0.15) is 0 Å². The highest BCUT2D eigenvalue weighted by atomic mass is 16.5. The Hall–Kier alpha value is -3.26. The van der Waals surface area contributed by atoms with Crippen LogP contribution in [0.2, 0.25) is 0 Å². The van der Waals surface area contributed by atoms with E-state index in [0.29, 0.717) is 29.5 Å². The van der Waals surface area contributed by atoms with Gasteiger partial charge in [0.15, 0.2) is 17.1 Å². The maximum Gasteiger partial charge on any atom is 0.419 e. The van der Waals surface area contributed by atoms with Crippen LogP contribution in [-0.4, -0.2) is 49.4 Å². The zero-order valence-corrected chi connectivity index (χ0v) is 22.8. The molecule has 0 spiro atoms. The molecule has 38 heavy (non-hydrogen) atoms. The average molecular weight is 523 g/mol. The van der Waals surface area contributed by atoms with Crippen LogP contribution in [0.25, 0.3) is 11.1 Å². The molecule has 8 nitrogen and oxygen atoms in total. The number of benzene rings is 2. The SMILES string of the molecule is COc1cc2c(cc1OC)C1CC(COC(=O)CCn3c(=O)oc4ccccc43)C(CC(C)C)CN1CC2. The minimum Gasteiger partial charge on any atom is -0.493 e. The largest absolute Gasteiger partial charge is 0.493 e. The van der Waals surface area contributed by atoms with E-state index in [0.717, 1.165) is 43.9 Å². The number of methoxy groups -OCH3 is 2. The number of fused-ring (bicyclic) bond motifs is 4. The first-order chi connectivity index (χ1) is 18.4. The normalized spacial score (nSPS) is 21.2. The molecule has 3 heterocycles. The van der Waals surface area contributed by atoms with Gasteiger partial charge in [-0.3, -0.25) is 14.3 Å². The van der Waals surface area contributed by atoms with Crippen molar-refractivity contribution in [2.45, 2.75) is 52.1 Å². The molecule has 0 radical (unpaired) electrons. The van der Waals surface area contributed by atoms with Crippen LogP contribution in [0, 0.1) is 17.8 Å². The Bertz CT molecular complexity index is 1340. The lowest BCUT2D eigenvalue weighted by Gasteiger charge is -2.47. The highest BCUT2D eigenvalue weighted by Crippen LogP contribution is 2.45. The van der Waals surface area contributed by atoms with Crippen LogP contribution in [0.1, 0.15) is 50.3 Å². The van der Waals surface area contributed by atoms with Crippen molar-refractivity contribution in [1.82, 2.24) is 9.47 Å². The summed E-state index contributed by atoms with van der Waals surface area (Å²) >= 11 is 0. The number of carbonyl (C=O) groups is 1. The van der Waals surface area contributed by atoms with Gasteiger partial charge >= 0.3 is 11.7 Å². The van der Waals surface area contributed by atoms with E-state index in [-0.39, 0.29) is 30.9 Å². The summed E-state index contributed by atoms with van der Waals surface area (Å²) in [6.07, 6.45) is 3.14. The number of aryl methyl sites for hydroxylation is 1. The maximum atomic E-state index is 12.8. The summed E-state index contributed by atoms with van der Waals surface area (Å²) in [5, 5.41) is 0. The predicted molar refractivity (Wildman–Crippen MR) is 145 cm³/mol. The van der Waals surface area contributed by atoms with Gasteiger partial charge in [-0.25, -0.2) is 4.79 Å². The number of oxazole rings is 1. The highest BCUT2D eigenvalue weighted by molar-refractivity contribution is 5.73. The third-order valence-electron chi connectivity index (χ3n) is 8.12. The number of piperidine rings is 1. The summed E-state index contributed by atoms with van der Waals surface area (Å²) in [6, 6.07) is 11.8. The minimum atomic E-state index is -0.452. The van der Waals surface area contributed by atoms with Crippen LogP contribution in [0.15, 0.2) is 45.6 Å². The summed E-state index contributed by atoms with van der Waals surface area (Å²) in [4.78, 5) is 27.6. The molecular weight excluding hydrogens is 484 g/mol. The van der Waals surface area contributed by atoms with Crippen LogP contribution in [0.3, 0.4) is 0 Å². The van der Waals surface area contributed by atoms with E-state index < -0.39 is 5.76 Å². The molecule has 8 heteroatoms. The molecule has 2 aromatic carbocycles. The van der Waals surface area contributed by atoms with Gasteiger partial charge < -0.3 is 18.6 Å². The molecule has 0 amide bonds. The first kappa shape index (κ1) is 26.4. The molecule has 0 bridgehead atoms. The summed E-state index contributed by atoms with van der Waals surface area (Å²) in [6.45, 7) is 7.15. The van der Waals surface area contributed by atoms with Crippen LogP contribution in [0.4, 0.5) is 0 Å². The molecule has 2 aliphatic rings. The Labute approximate surface area is 223 Å². The fraction of sp³-hybridized carbons (Fsp3) is 0.533. The van der Waals surface area contributed by atoms with Crippen LogP contribution >= 0.6 is 0 Å². The second-order valence-corrected chi connectivity index (χ2v) is 11.0. The standard InChI is InChI=1S/C30H38N2O6/c1-19(2)13-21-17-31-11-9-20-15-27(35-3)28(36-4)16-23(20)25(31)14-22(21)18-37-29(33)10-12-32-24-7-5-6-8-26(24)38-30(32)34/h5-8,15-16,19,21-22,25H,9-14,17-18H2,1-4H3. The minimum absolute atomic E-state index is 0.125. The van der Waals surface area contributed by atoms with Gasteiger partial charge in [-0.2, -0.15) is 0 Å². The summed E-state index contributed by atoms with van der Waals surface area (Å²) in [5.74, 6) is 2.07. The lowest BCUT2D eigenvalue weighted by atomic mass is 9.74. The third kappa shape index (κ3) is 5.32. The Balaban J connectivity index is 1.28. The average Bonchev–Trinajstić information content (AvgIpc) is 3.24. The van der Waals surface area contributed by atoms with Crippen molar-refractivity contribution in [3.8, 4) is 11.5 Å². The van der Waals surface area contributed by atoms with Gasteiger partial charge in [-0.1, -0.05) is 26.0 Å². The highest BCUT2D eigenvalue weighted by Gasteiger charge is 2.40. The fourth-order valence-corrected chi connectivity index (χ4v) is 6.28. The zero-order chi connectivity index (χ0) is 26.8. The van der Waals surface area contributed by atoms with E-state index in [1.807, 2.05) is 18.2 Å². The van der Waals surface area contributed by atoms with E-state index in [4.69, 9.17) is 18.6 Å². The number of para-hydroxylation sites is 2. The van der Waals surface area contributed by atoms with Crippen LogP contribution < -0.4 is 15.2 Å². The van der Waals surface area contributed by atoms with E-state index in [1.54, 1.807) is 20.3 Å². The molecule has 0 N–H and O–H groups in total. The van der Waals surface area contributed by atoms with Crippen molar-refractivity contribution >= 4 is 17.1 Å². The Morgan fingerprint density at radius 1 is 1.11 bits per heavy atom. The van der Waals surface area contributed by atoms with Crippen molar-refractivity contribution < 1.29 is 23.4 Å². The molecule has 3 aromatic rings. The van der Waals surface area contributed by atoms with Gasteiger partial charge in [0.05, 0.1) is 32.8 Å². The molecule has 204 valence electrons.